The molecule has 0 aliphatic rings. The van der Waals surface area contributed by atoms with Crippen LogP contribution in [-0.4, -0.2) is 9.78 Å². The van der Waals surface area contributed by atoms with Gasteiger partial charge < -0.3 is 5.73 Å². The van der Waals surface area contributed by atoms with Crippen LogP contribution in [0.2, 0.25) is 0 Å². The average molecular weight is 265 g/mol. The molecule has 5 heteroatoms. The smallest absolute Gasteiger partial charge is 0.126 e. The molecule has 0 fully saturated rings. The Morgan fingerprint density at radius 1 is 1.32 bits per heavy atom. The molecule has 0 amide bonds. The zero-order chi connectivity index (χ0) is 14.0. The maximum absolute atomic E-state index is 13.6. The Morgan fingerprint density at radius 3 is 2.68 bits per heavy atom. The summed E-state index contributed by atoms with van der Waals surface area (Å²) in [4.78, 5) is 0. The van der Waals surface area contributed by atoms with E-state index in [-0.39, 0.29) is 12.0 Å². The molecule has 0 spiro atoms. The molecule has 2 N–H and O–H groups in total. The third kappa shape index (κ3) is 2.98. The molecule has 102 valence electrons. The summed E-state index contributed by atoms with van der Waals surface area (Å²) in [6.07, 6.45) is 1.06. The second-order valence-corrected chi connectivity index (χ2v) is 4.58. The molecule has 2 rings (SSSR count). The van der Waals surface area contributed by atoms with E-state index in [0.29, 0.717) is 0 Å². The Balaban J connectivity index is 2.22. The van der Waals surface area contributed by atoms with Crippen LogP contribution in [0.4, 0.5) is 8.78 Å². The third-order valence-corrected chi connectivity index (χ3v) is 3.16. The van der Waals surface area contributed by atoms with Crippen LogP contribution in [0.25, 0.3) is 0 Å². The predicted molar refractivity (Wildman–Crippen MR) is 69.6 cm³/mol. The largest absolute Gasteiger partial charge is 0.322 e. The summed E-state index contributed by atoms with van der Waals surface area (Å²) < 4.78 is 28.4. The molecule has 1 atom stereocenters. The fraction of sp³-hybridized carbons (Fsp3) is 0.357. The first-order valence-electron chi connectivity index (χ1n) is 6.23. The molecule has 1 unspecified atom stereocenters. The van der Waals surface area contributed by atoms with Crippen LogP contribution in [0.5, 0.6) is 0 Å². The van der Waals surface area contributed by atoms with Crippen molar-refractivity contribution in [3.8, 4) is 0 Å². The zero-order valence-corrected chi connectivity index (χ0v) is 11.0. The first kappa shape index (κ1) is 13.7. The summed E-state index contributed by atoms with van der Waals surface area (Å²) in [6, 6.07) is 4.91. The Hall–Kier alpha value is -1.75. The van der Waals surface area contributed by atoms with E-state index in [0.717, 1.165) is 29.9 Å². The minimum atomic E-state index is -0.456. The quantitative estimate of drug-likeness (QED) is 0.923. The van der Waals surface area contributed by atoms with Gasteiger partial charge in [-0.15, -0.1) is 0 Å². The normalized spacial score (nSPS) is 12.7. The van der Waals surface area contributed by atoms with Crippen molar-refractivity contribution in [2.45, 2.75) is 25.8 Å². The first-order chi connectivity index (χ1) is 9.01. The maximum Gasteiger partial charge on any atom is 0.126 e. The molecular formula is C14H17F2N3. The molecule has 0 radical (unpaired) electrons. The van der Waals surface area contributed by atoms with Gasteiger partial charge >= 0.3 is 0 Å². The van der Waals surface area contributed by atoms with Crippen LogP contribution in [0, 0.1) is 11.6 Å². The highest BCUT2D eigenvalue weighted by Gasteiger charge is 2.15. The van der Waals surface area contributed by atoms with Crippen LogP contribution in [0.1, 0.15) is 29.9 Å². The number of aromatic nitrogens is 2. The van der Waals surface area contributed by atoms with Gasteiger partial charge in [0.15, 0.2) is 0 Å². The lowest BCUT2D eigenvalue weighted by Crippen LogP contribution is -2.17. The lowest BCUT2D eigenvalue weighted by molar-refractivity contribution is 0.559. The molecule has 0 saturated carbocycles. The van der Waals surface area contributed by atoms with Gasteiger partial charge in [0.05, 0.1) is 17.4 Å². The Bertz CT molecular complexity index is 578. The molecule has 1 aromatic heterocycles. The van der Waals surface area contributed by atoms with Gasteiger partial charge in [0.25, 0.3) is 0 Å². The maximum atomic E-state index is 13.6. The summed E-state index contributed by atoms with van der Waals surface area (Å²) in [5.74, 6) is -0.891. The van der Waals surface area contributed by atoms with Gasteiger partial charge in [-0.2, -0.15) is 5.10 Å². The van der Waals surface area contributed by atoms with E-state index in [1.807, 2.05) is 13.0 Å². The van der Waals surface area contributed by atoms with Crippen LogP contribution in [0.3, 0.4) is 0 Å². The monoisotopic (exact) mass is 265 g/mol. The summed E-state index contributed by atoms with van der Waals surface area (Å²) in [6.45, 7) is 2.00. The zero-order valence-electron chi connectivity index (χ0n) is 11.0. The van der Waals surface area contributed by atoms with Crippen LogP contribution in [-0.2, 0) is 19.9 Å². The van der Waals surface area contributed by atoms with E-state index >= 15 is 0 Å². The fourth-order valence-electron chi connectivity index (χ4n) is 2.10. The standard InChI is InChI=1S/C14H17F2N3/c1-3-11-8-14(19(2)18-11)13(17)7-9-6-10(15)4-5-12(9)16/h4-6,8,13H,3,7,17H2,1-2H3. The van der Waals surface area contributed by atoms with Crippen LogP contribution >= 0.6 is 0 Å². The summed E-state index contributed by atoms with van der Waals surface area (Å²) >= 11 is 0. The lowest BCUT2D eigenvalue weighted by Gasteiger charge is -2.12. The molecule has 1 aromatic carbocycles. The van der Waals surface area contributed by atoms with Gasteiger partial charge in [-0.25, -0.2) is 8.78 Å². The van der Waals surface area contributed by atoms with Crippen LogP contribution in [0.15, 0.2) is 24.3 Å². The molecule has 1 heterocycles. The molecule has 0 aliphatic heterocycles. The van der Waals surface area contributed by atoms with Crippen molar-refractivity contribution in [3.05, 3.63) is 52.9 Å². The van der Waals surface area contributed by atoms with Crippen molar-refractivity contribution in [3.63, 3.8) is 0 Å². The van der Waals surface area contributed by atoms with E-state index in [1.165, 1.54) is 6.07 Å². The number of hydrogen-bond acceptors (Lipinski definition) is 2. The molecule has 3 nitrogen and oxygen atoms in total. The van der Waals surface area contributed by atoms with E-state index in [4.69, 9.17) is 5.73 Å². The molecule has 19 heavy (non-hydrogen) atoms. The number of benzene rings is 1. The summed E-state index contributed by atoms with van der Waals surface area (Å²) in [5, 5.41) is 4.30. The van der Waals surface area contributed by atoms with Crippen molar-refractivity contribution < 1.29 is 8.78 Å². The first-order valence-corrected chi connectivity index (χ1v) is 6.23. The van der Waals surface area contributed by atoms with Crippen molar-refractivity contribution >= 4 is 0 Å². The number of aryl methyl sites for hydroxylation is 2. The molecule has 0 saturated heterocycles. The SMILES string of the molecule is CCc1cc(C(N)Cc2cc(F)ccc2F)n(C)n1. The summed E-state index contributed by atoms with van der Waals surface area (Å²) in [7, 11) is 1.80. The second-order valence-electron chi connectivity index (χ2n) is 4.58. The highest BCUT2D eigenvalue weighted by molar-refractivity contribution is 5.23. The van der Waals surface area contributed by atoms with E-state index in [2.05, 4.69) is 5.10 Å². The van der Waals surface area contributed by atoms with Crippen LogP contribution < -0.4 is 5.73 Å². The molecule has 0 bridgehead atoms. The van der Waals surface area contributed by atoms with Crippen molar-refractivity contribution in [2.24, 2.45) is 12.8 Å². The lowest BCUT2D eigenvalue weighted by atomic mass is 10.0. The number of hydrogen-bond donors (Lipinski definition) is 1. The topological polar surface area (TPSA) is 43.8 Å². The molecular weight excluding hydrogens is 248 g/mol. The highest BCUT2D eigenvalue weighted by atomic mass is 19.1. The van der Waals surface area contributed by atoms with Crippen molar-refractivity contribution in [2.75, 3.05) is 0 Å². The predicted octanol–water partition coefficient (Wildman–Crippen LogP) is 2.50. The van der Waals surface area contributed by atoms with Crippen molar-refractivity contribution in [1.29, 1.82) is 0 Å². The average Bonchev–Trinajstić information content (AvgIpc) is 2.75. The van der Waals surface area contributed by atoms with E-state index < -0.39 is 17.7 Å². The van der Waals surface area contributed by atoms with Gasteiger partial charge in [0.1, 0.15) is 11.6 Å². The Labute approximate surface area is 111 Å². The number of rotatable bonds is 4. The van der Waals surface area contributed by atoms with Gasteiger partial charge in [-0.1, -0.05) is 6.92 Å². The Kier molecular flexibility index (Phi) is 3.95. The molecule has 2 aromatic rings. The van der Waals surface area contributed by atoms with Gasteiger partial charge in [0.2, 0.25) is 0 Å². The highest BCUT2D eigenvalue weighted by Crippen LogP contribution is 2.19. The van der Waals surface area contributed by atoms with Gasteiger partial charge in [-0.05, 0) is 42.7 Å². The number of halogens is 2. The van der Waals surface area contributed by atoms with Gasteiger partial charge in [-0.3, -0.25) is 4.68 Å². The summed E-state index contributed by atoms with van der Waals surface area (Å²) in [5.41, 5.74) is 8.11. The van der Waals surface area contributed by atoms with E-state index in [9.17, 15) is 8.78 Å². The second kappa shape index (κ2) is 5.48. The van der Waals surface area contributed by atoms with E-state index in [1.54, 1.807) is 11.7 Å². The Morgan fingerprint density at radius 2 is 2.05 bits per heavy atom. The number of nitrogens with two attached hydrogens (primary N) is 1. The minimum absolute atomic E-state index is 0.242. The van der Waals surface area contributed by atoms with Crippen molar-refractivity contribution in [1.82, 2.24) is 9.78 Å². The number of nitrogens with zero attached hydrogens (tertiary/aromatic N) is 2. The van der Waals surface area contributed by atoms with Gasteiger partial charge in [0, 0.05) is 7.05 Å². The fourth-order valence-corrected chi connectivity index (χ4v) is 2.10. The third-order valence-electron chi connectivity index (χ3n) is 3.16. The minimum Gasteiger partial charge on any atom is -0.322 e. The molecule has 0 aliphatic carbocycles.